The van der Waals surface area contributed by atoms with Crippen LogP contribution in [0.3, 0.4) is 0 Å². The van der Waals surface area contributed by atoms with Crippen LogP contribution in [0.25, 0.3) is 0 Å². The minimum Gasteiger partial charge on any atom is -0.354 e. The number of benzene rings is 1. The van der Waals surface area contributed by atoms with E-state index in [4.69, 9.17) is 11.6 Å². The molecule has 0 unspecified atom stereocenters. The zero-order valence-corrected chi connectivity index (χ0v) is 13.8. The Hall–Kier alpha value is -1.76. The van der Waals surface area contributed by atoms with Crippen molar-refractivity contribution in [3.8, 4) is 0 Å². The van der Waals surface area contributed by atoms with Gasteiger partial charge in [0.1, 0.15) is 0 Å². The van der Waals surface area contributed by atoms with E-state index in [0.29, 0.717) is 0 Å². The lowest BCUT2D eigenvalue weighted by Gasteiger charge is -2.22. The van der Waals surface area contributed by atoms with Gasteiger partial charge in [0.15, 0.2) is 0 Å². The Kier molecular flexibility index (Phi) is 6.44. The molecule has 1 N–H and O–H groups in total. The second-order valence-corrected chi connectivity index (χ2v) is 5.71. The van der Waals surface area contributed by atoms with E-state index < -0.39 is 22.7 Å². The Balaban J connectivity index is 2.99. The van der Waals surface area contributed by atoms with Gasteiger partial charge in [-0.25, -0.2) is 0 Å². The molecule has 0 fully saturated rings. The Morgan fingerprint density at radius 1 is 1.30 bits per heavy atom. The van der Waals surface area contributed by atoms with E-state index in [1.54, 1.807) is 13.8 Å². The number of nitrogens with one attached hydrogen (secondary N) is 1. The van der Waals surface area contributed by atoms with Crippen molar-refractivity contribution in [1.29, 1.82) is 0 Å². The Labute approximate surface area is 137 Å². The second-order valence-electron chi connectivity index (χ2n) is 5.30. The van der Waals surface area contributed by atoms with Crippen molar-refractivity contribution in [3.05, 3.63) is 28.8 Å². The van der Waals surface area contributed by atoms with Crippen LogP contribution in [0.15, 0.2) is 18.2 Å². The van der Waals surface area contributed by atoms with Gasteiger partial charge >= 0.3 is 6.18 Å². The standard InChI is InChI=1S/C15H18ClF3N2O2/c1-9(2)20-14(23)6-7-21(10(3)22)11-4-5-13(16)12(8-11)15(17,18)19/h4-5,8-9H,6-7H2,1-3H3,(H,20,23). The number of rotatable bonds is 5. The van der Waals surface area contributed by atoms with Crippen LogP contribution in [0.4, 0.5) is 18.9 Å². The van der Waals surface area contributed by atoms with Crippen LogP contribution >= 0.6 is 11.6 Å². The van der Waals surface area contributed by atoms with Gasteiger partial charge in [0.2, 0.25) is 11.8 Å². The molecular formula is C15H18ClF3N2O2. The van der Waals surface area contributed by atoms with Gasteiger partial charge in [-0.2, -0.15) is 13.2 Å². The smallest absolute Gasteiger partial charge is 0.354 e. The second kappa shape index (κ2) is 7.68. The van der Waals surface area contributed by atoms with Crippen LogP contribution in [0.1, 0.15) is 32.8 Å². The number of amides is 2. The highest BCUT2D eigenvalue weighted by molar-refractivity contribution is 6.31. The third-order valence-corrected chi connectivity index (χ3v) is 3.29. The summed E-state index contributed by atoms with van der Waals surface area (Å²) in [6, 6.07) is 3.16. The van der Waals surface area contributed by atoms with Gasteiger partial charge in [0.25, 0.3) is 0 Å². The third-order valence-electron chi connectivity index (χ3n) is 2.96. The van der Waals surface area contributed by atoms with Crippen molar-refractivity contribution in [2.45, 2.75) is 39.4 Å². The average Bonchev–Trinajstić information content (AvgIpc) is 2.38. The van der Waals surface area contributed by atoms with Gasteiger partial charge in [-0.15, -0.1) is 0 Å². The summed E-state index contributed by atoms with van der Waals surface area (Å²) in [7, 11) is 0. The number of anilines is 1. The molecule has 0 aliphatic carbocycles. The highest BCUT2D eigenvalue weighted by Gasteiger charge is 2.34. The van der Waals surface area contributed by atoms with Gasteiger partial charge in [-0.1, -0.05) is 11.6 Å². The molecule has 1 aromatic rings. The molecule has 0 spiro atoms. The fraction of sp³-hybridized carbons (Fsp3) is 0.467. The summed E-state index contributed by atoms with van der Waals surface area (Å²) < 4.78 is 38.7. The molecule has 0 atom stereocenters. The summed E-state index contributed by atoms with van der Waals surface area (Å²) >= 11 is 5.56. The first-order chi connectivity index (χ1) is 10.5. The third kappa shape index (κ3) is 5.74. The minimum absolute atomic E-state index is 0.0122. The van der Waals surface area contributed by atoms with Crippen molar-refractivity contribution in [1.82, 2.24) is 5.32 Å². The van der Waals surface area contributed by atoms with Crippen molar-refractivity contribution in [2.75, 3.05) is 11.4 Å². The highest BCUT2D eigenvalue weighted by Crippen LogP contribution is 2.37. The maximum absolute atomic E-state index is 12.9. The molecule has 0 aliphatic rings. The lowest BCUT2D eigenvalue weighted by molar-refractivity contribution is -0.137. The summed E-state index contributed by atoms with van der Waals surface area (Å²) in [6.07, 6.45) is -4.63. The fourth-order valence-corrected chi connectivity index (χ4v) is 2.20. The molecular weight excluding hydrogens is 333 g/mol. The van der Waals surface area contributed by atoms with Crippen molar-refractivity contribution < 1.29 is 22.8 Å². The van der Waals surface area contributed by atoms with E-state index in [9.17, 15) is 22.8 Å². The maximum Gasteiger partial charge on any atom is 0.417 e. The first kappa shape index (κ1) is 19.3. The molecule has 128 valence electrons. The number of halogens is 4. The first-order valence-electron chi connectivity index (χ1n) is 6.96. The van der Waals surface area contributed by atoms with Crippen LogP contribution in [-0.4, -0.2) is 24.4 Å². The number of carbonyl (C=O) groups excluding carboxylic acids is 2. The van der Waals surface area contributed by atoms with Crippen LogP contribution in [-0.2, 0) is 15.8 Å². The highest BCUT2D eigenvalue weighted by atomic mass is 35.5. The van der Waals surface area contributed by atoms with Gasteiger partial charge in [-0.05, 0) is 32.0 Å². The zero-order chi connectivity index (χ0) is 17.8. The maximum atomic E-state index is 12.9. The van der Waals surface area contributed by atoms with Crippen LogP contribution in [0, 0.1) is 0 Å². The molecule has 23 heavy (non-hydrogen) atoms. The summed E-state index contributed by atoms with van der Waals surface area (Å²) in [6.45, 7) is 4.78. The fourth-order valence-electron chi connectivity index (χ4n) is 1.97. The normalized spacial score (nSPS) is 11.5. The molecule has 0 heterocycles. The molecule has 1 rings (SSSR count). The molecule has 0 bridgehead atoms. The average molecular weight is 351 g/mol. The molecule has 2 amide bonds. The molecule has 0 aliphatic heterocycles. The molecule has 1 aromatic carbocycles. The first-order valence-corrected chi connectivity index (χ1v) is 7.34. The number of carbonyl (C=O) groups is 2. The van der Waals surface area contributed by atoms with Gasteiger partial charge in [0, 0.05) is 31.6 Å². The van der Waals surface area contributed by atoms with Crippen LogP contribution < -0.4 is 10.2 Å². The van der Waals surface area contributed by atoms with Crippen LogP contribution in [0.5, 0.6) is 0 Å². The predicted molar refractivity (Wildman–Crippen MR) is 82.4 cm³/mol. The van der Waals surface area contributed by atoms with Gasteiger partial charge in [-0.3, -0.25) is 9.59 Å². The lowest BCUT2D eigenvalue weighted by Crippen LogP contribution is -2.36. The van der Waals surface area contributed by atoms with Crippen LogP contribution in [0.2, 0.25) is 5.02 Å². The van der Waals surface area contributed by atoms with E-state index in [-0.39, 0.29) is 30.6 Å². The van der Waals surface area contributed by atoms with E-state index >= 15 is 0 Å². The lowest BCUT2D eigenvalue weighted by atomic mass is 10.1. The van der Waals surface area contributed by atoms with E-state index in [1.165, 1.54) is 13.0 Å². The van der Waals surface area contributed by atoms with Gasteiger partial charge in [0.05, 0.1) is 10.6 Å². The Morgan fingerprint density at radius 2 is 1.91 bits per heavy atom. The number of nitrogens with zero attached hydrogens (tertiary/aromatic N) is 1. The molecule has 0 aromatic heterocycles. The molecule has 8 heteroatoms. The van der Waals surface area contributed by atoms with E-state index in [1.807, 2.05) is 0 Å². The predicted octanol–water partition coefficient (Wildman–Crippen LogP) is 3.63. The monoisotopic (exact) mass is 350 g/mol. The quantitative estimate of drug-likeness (QED) is 0.881. The molecule has 0 saturated carbocycles. The number of hydrogen-bond acceptors (Lipinski definition) is 2. The Bertz CT molecular complexity index is 589. The largest absolute Gasteiger partial charge is 0.417 e. The topological polar surface area (TPSA) is 49.4 Å². The Morgan fingerprint density at radius 3 is 2.39 bits per heavy atom. The minimum atomic E-state index is -4.62. The zero-order valence-electron chi connectivity index (χ0n) is 13.0. The molecule has 0 radical (unpaired) electrons. The summed E-state index contributed by atoms with van der Waals surface area (Å²) in [5.74, 6) is -0.742. The summed E-state index contributed by atoms with van der Waals surface area (Å²) in [4.78, 5) is 24.5. The molecule has 4 nitrogen and oxygen atoms in total. The van der Waals surface area contributed by atoms with E-state index in [2.05, 4.69) is 5.32 Å². The summed E-state index contributed by atoms with van der Waals surface area (Å²) in [5.41, 5.74) is -0.971. The molecule has 0 saturated heterocycles. The van der Waals surface area contributed by atoms with Gasteiger partial charge < -0.3 is 10.2 Å². The van der Waals surface area contributed by atoms with E-state index in [0.717, 1.165) is 17.0 Å². The SMILES string of the molecule is CC(=O)N(CCC(=O)NC(C)C)c1ccc(Cl)c(C(F)(F)F)c1. The van der Waals surface area contributed by atoms with Crippen molar-refractivity contribution in [3.63, 3.8) is 0 Å². The summed E-state index contributed by atoms with van der Waals surface area (Å²) in [5, 5.41) is 2.21. The van der Waals surface area contributed by atoms with Crippen molar-refractivity contribution in [2.24, 2.45) is 0 Å². The number of hydrogen-bond donors (Lipinski definition) is 1. The number of alkyl halides is 3. The van der Waals surface area contributed by atoms with Crippen molar-refractivity contribution >= 4 is 29.1 Å².